The van der Waals surface area contributed by atoms with Gasteiger partial charge < -0.3 is 9.15 Å². The number of para-hydroxylation sites is 2. The summed E-state index contributed by atoms with van der Waals surface area (Å²) in [5.74, 6) is 0.942. The summed E-state index contributed by atoms with van der Waals surface area (Å²) >= 11 is 0. The highest BCUT2D eigenvalue weighted by Crippen LogP contribution is 2.33. The topological polar surface area (TPSA) is 42.7 Å². The first-order chi connectivity index (χ1) is 8.75. The first kappa shape index (κ1) is 10.9. The van der Waals surface area contributed by atoms with Gasteiger partial charge in [-0.3, -0.25) is 9.69 Å². The molecule has 0 N–H and O–H groups in total. The van der Waals surface area contributed by atoms with Crippen LogP contribution in [0.25, 0.3) is 0 Å². The lowest BCUT2D eigenvalue weighted by molar-refractivity contribution is 0.0934. The second-order valence-electron chi connectivity index (χ2n) is 4.29. The summed E-state index contributed by atoms with van der Waals surface area (Å²) in [6.07, 6.45) is 1.47. The average molecular weight is 243 g/mol. The van der Waals surface area contributed by atoms with Crippen molar-refractivity contribution in [3.63, 3.8) is 0 Å². The Bertz CT molecular complexity index is 562. The lowest BCUT2D eigenvalue weighted by Crippen LogP contribution is -2.42. The summed E-state index contributed by atoms with van der Waals surface area (Å²) in [5, 5.41) is 0. The molecule has 1 aromatic carbocycles. The van der Waals surface area contributed by atoms with Crippen molar-refractivity contribution >= 4 is 11.6 Å². The number of hydrogen-bond donors (Lipinski definition) is 0. The highest BCUT2D eigenvalue weighted by atomic mass is 16.5. The van der Waals surface area contributed by atoms with Crippen LogP contribution < -0.4 is 9.64 Å². The monoisotopic (exact) mass is 243 g/mol. The SMILES string of the molecule is CC1CN(C(=O)c2ccco2)c2ccccc2O1. The Morgan fingerprint density at radius 1 is 1.28 bits per heavy atom. The van der Waals surface area contributed by atoms with Crippen LogP contribution in [0.1, 0.15) is 17.5 Å². The number of anilines is 1. The van der Waals surface area contributed by atoms with Gasteiger partial charge in [0.15, 0.2) is 5.76 Å². The Balaban J connectivity index is 2.00. The molecule has 1 amide bonds. The Kier molecular flexibility index (Phi) is 2.55. The second kappa shape index (κ2) is 4.22. The lowest BCUT2D eigenvalue weighted by atomic mass is 10.2. The van der Waals surface area contributed by atoms with Crippen LogP contribution in [0.4, 0.5) is 5.69 Å². The van der Waals surface area contributed by atoms with Crippen molar-refractivity contribution in [1.29, 1.82) is 0 Å². The molecular formula is C14H13NO3. The van der Waals surface area contributed by atoms with Gasteiger partial charge in [0.25, 0.3) is 5.91 Å². The summed E-state index contributed by atoms with van der Waals surface area (Å²) in [7, 11) is 0. The molecule has 0 spiro atoms. The molecule has 1 aromatic heterocycles. The van der Waals surface area contributed by atoms with Gasteiger partial charge in [-0.25, -0.2) is 0 Å². The number of rotatable bonds is 1. The smallest absolute Gasteiger partial charge is 0.294 e. The van der Waals surface area contributed by atoms with Crippen LogP contribution in [-0.2, 0) is 0 Å². The molecular weight excluding hydrogens is 230 g/mol. The summed E-state index contributed by atoms with van der Waals surface area (Å²) in [4.78, 5) is 14.0. The summed E-state index contributed by atoms with van der Waals surface area (Å²) < 4.78 is 10.9. The number of ether oxygens (including phenoxy) is 1. The Labute approximate surface area is 105 Å². The maximum Gasteiger partial charge on any atom is 0.294 e. The van der Waals surface area contributed by atoms with E-state index in [1.165, 1.54) is 6.26 Å². The molecule has 1 unspecified atom stereocenters. The maximum absolute atomic E-state index is 12.3. The fourth-order valence-electron chi connectivity index (χ4n) is 2.11. The number of carbonyl (C=O) groups is 1. The minimum Gasteiger partial charge on any atom is -0.487 e. The molecule has 4 heteroatoms. The number of nitrogens with zero attached hydrogens (tertiary/aromatic N) is 1. The number of amides is 1. The van der Waals surface area contributed by atoms with E-state index < -0.39 is 0 Å². The quantitative estimate of drug-likeness (QED) is 0.773. The van der Waals surface area contributed by atoms with Gasteiger partial charge in [0.05, 0.1) is 18.5 Å². The highest BCUT2D eigenvalue weighted by molar-refractivity contribution is 6.05. The van der Waals surface area contributed by atoms with Crippen molar-refractivity contribution < 1.29 is 13.9 Å². The molecule has 0 saturated carbocycles. The van der Waals surface area contributed by atoms with Gasteiger partial charge >= 0.3 is 0 Å². The predicted molar refractivity (Wildman–Crippen MR) is 66.9 cm³/mol. The van der Waals surface area contributed by atoms with Crippen molar-refractivity contribution in [1.82, 2.24) is 0 Å². The molecule has 0 bridgehead atoms. The fraction of sp³-hybridized carbons (Fsp3) is 0.214. The first-order valence-electron chi connectivity index (χ1n) is 5.87. The molecule has 0 aliphatic carbocycles. The van der Waals surface area contributed by atoms with Crippen LogP contribution in [0.15, 0.2) is 47.1 Å². The number of hydrogen-bond acceptors (Lipinski definition) is 3. The zero-order chi connectivity index (χ0) is 12.5. The maximum atomic E-state index is 12.3. The van der Waals surface area contributed by atoms with Gasteiger partial charge in [-0.2, -0.15) is 0 Å². The Morgan fingerprint density at radius 2 is 2.11 bits per heavy atom. The molecule has 0 radical (unpaired) electrons. The van der Waals surface area contributed by atoms with E-state index in [0.29, 0.717) is 12.3 Å². The van der Waals surface area contributed by atoms with Crippen LogP contribution >= 0.6 is 0 Å². The molecule has 3 rings (SSSR count). The third kappa shape index (κ3) is 1.76. The fourth-order valence-corrected chi connectivity index (χ4v) is 2.11. The van der Waals surface area contributed by atoms with Crippen molar-refractivity contribution in [3.8, 4) is 5.75 Å². The van der Waals surface area contributed by atoms with E-state index in [2.05, 4.69) is 0 Å². The van der Waals surface area contributed by atoms with E-state index in [1.807, 2.05) is 31.2 Å². The van der Waals surface area contributed by atoms with Crippen LogP contribution in [0.5, 0.6) is 5.75 Å². The van der Waals surface area contributed by atoms with E-state index in [1.54, 1.807) is 17.0 Å². The van der Waals surface area contributed by atoms with Crippen LogP contribution in [0.2, 0.25) is 0 Å². The van der Waals surface area contributed by atoms with E-state index in [-0.39, 0.29) is 12.0 Å². The van der Waals surface area contributed by atoms with E-state index in [0.717, 1.165) is 11.4 Å². The van der Waals surface area contributed by atoms with Crippen molar-refractivity contribution in [2.24, 2.45) is 0 Å². The predicted octanol–water partition coefficient (Wildman–Crippen LogP) is 2.71. The molecule has 2 aromatic rings. The molecule has 1 aliphatic heterocycles. The molecule has 18 heavy (non-hydrogen) atoms. The van der Waals surface area contributed by atoms with E-state index >= 15 is 0 Å². The molecule has 2 heterocycles. The molecule has 4 nitrogen and oxygen atoms in total. The summed E-state index contributed by atoms with van der Waals surface area (Å²) in [6, 6.07) is 10.9. The van der Waals surface area contributed by atoms with Gasteiger partial charge in [0.1, 0.15) is 11.9 Å². The van der Waals surface area contributed by atoms with Crippen LogP contribution in [0.3, 0.4) is 0 Å². The van der Waals surface area contributed by atoms with E-state index in [4.69, 9.17) is 9.15 Å². The van der Waals surface area contributed by atoms with Crippen molar-refractivity contribution in [2.45, 2.75) is 13.0 Å². The minimum absolute atomic E-state index is 0.0289. The largest absolute Gasteiger partial charge is 0.487 e. The number of furan rings is 1. The molecule has 0 saturated heterocycles. The summed E-state index contributed by atoms with van der Waals surface area (Å²) in [5.41, 5.74) is 0.789. The molecule has 92 valence electrons. The minimum atomic E-state index is -0.136. The van der Waals surface area contributed by atoms with Gasteiger partial charge in [-0.15, -0.1) is 0 Å². The zero-order valence-electron chi connectivity index (χ0n) is 10.00. The standard InChI is InChI=1S/C14H13NO3/c1-10-9-15(14(16)13-7-4-8-17-13)11-5-2-3-6-12(11)18-10/h2-8,10H,9H2,1H3. The Hall–Kier alpha value is -2.23. The molecule has 1 atom stereocenters. The first-order valence-corrected chi connectivity index (χ1v) is 5.87. The van der Waals surface area contributed by atoms with Gasteiger partial charge in [-0.05, 0) is 31.2 Å². The van der Waals surface area contributed by atoms with E-state index in [9.17, 15) is 4.79 Å². The van der Waals surface area contributed by atoms with Crippen LogP contribution in [-0.4, -0.2) is 18.6 Å². The number of benzene rings is 1. The average Bonchev–Trinajstić information content (AvgIpc) is 2.90. The summed E-state index contributed by atoms with van der Waals surface area (Å²) in [6.45, 7) is 2.47. The van der Waals surface area contributed by atoms with Crippen molar-refractivity contribution in [2.75, 3.05) is 11.4 Å². The third-order valence-electron chi connectivity index (χ3n) is 2.90. The lowest BCUT2D eigenvalue weighted by Gasteiger charge is -2.32. The normalized spacial score (nSPS) is 18.1. The third-order valence-corrected chi connectivity index (χ3v) is 2.90. The van der Waals surface area contributed by atoms with Gasteiger partial charge in [0.2, 0.25) is 0 Å². The highest BCUT2D eigenvalue weighted by Gasteiger charge is 2.29. The number of fused-ring (bicyclic) bond motifs is 1. The van der Waals surface area contributed by atoms with Gasteiger partial charge in [0, 0.05) is 0 Å². The molecule has 0 fully saturated rings. The van der Waals surface area contributed by atoms with Gasteiger partial charge in [-0.1, -0.05) is 12.1 Å². The van der Waals surface area contributed by atoms with Crippen molar-refractivity contribution in [3.05, 3.63) is 48.4 Å². The Morgan fingerprint density at radius 3 is 2.89 bits per heavy atom. The zero-order valence-corrected chi connectivity index (χ0v) is 10.00. The number of carbonyl (C=O) groups excluding carboxylic acids is 1. The second-order valence-corrected chi connectivity index (χ2v) is 4.29. The molecule has 1 aliphatic rings. The van der Waals surface area contributed by atoms with Crippen LogP contribution in [0, 0.1) is 0 Å².